The molecule has 1 amide bonds. The molecule has 0 saturated carbocycles. The highest BCUT2D eigenvalue weighted by atomic mass is 35.5. The van der Waals surface area contributed by atoms with Crippen molar-refractivity contribution in [3.05, 3.63) is 28.8 Å². The molecule has 24 heavy (non-hydrogen) atoms. The van der Waals surface area contributed by atoms with E-state index in [1.165, 1.54) is 0 Å². The normalized spacial score (nSPS) is 19.2. The number of hydrogen-bond acceptors (Lipinski definition) is 5. The van der Waals surface area contributed by atoms with Gasteiger partial charge in [-0.15, -0.1) is 0 Å². The summed E-state index contributed by atoms with van der Waals surface area (Å²) < 4.78 is 33.9. The maximum Gasteiger partial charge on any atom is 0.260 e. The minimum absolute atomic E-state index is 0.00249. The van der Waals surface area contributed by atoms with Crippen molar-refractivity contribution in [3.63, 3.8) is 0 Å². The Kier molecular flexibility index (Phi) is 6.48. The zero-order valence-electron chi connectivity index (χ0n) is 13.8. The van der Waals surface area contributed by atoms with E-state index in [-0.39, 0.29) is 30.1 Å². The zero-order valence-corrected chi connectivity index (χ0v) is 15.4. The first kappa shape index (κ1) is 19.0. The second-order valence-corrected chi connectivity index (χ2v) is 8.47. The van der Waals surface area contributed by atoms with E-state index in [2.05, 4.69) is 0 Å². The third-order valence-electron chi connectivity index (χ3n) is 4.00. The van der Waals surface area contributed by atoms with Crippen molar-refractivity contribution in [2.75, 3.05) is 38.4 Å². The third kappa shape index (κ3) is 5.09. The summed E-state index contributed by atoms with van der Waals surface area (Å²) in [5, 5.41) is 0.631. The summed E-state index contributed by atoms with van der Waals surface area (Å²) in [4.78, 5) is 14.0. The summed E-state index contributed by atoms with van der Waals surface area (Å²) in [6.07, 6.45) is 0.456. The molecule has 6 nitrogen and oxygen atoms in total. The first-order valence-electron chi connectivity index (χ1n) is 7.70. The Bertz CT molecular complexity index is 692. The number of methoxy groups -OCH3 is 1. The van der Waals surface area contributed by atoms with E-state index in [1.807, 2.05) is 6.92 Å². The summed E-state index contributed by atoms with van der Waals surface area (Å²) >= 11 is 5.96. The Hall–Kier alpha value is -1.31. The van der Waals surface area contributed by atoms with Crippen molar-refractivity contribution in [2.24, 2.45) is 0 Å². The molecule has 0 aliphatic carbocycles. The molecule has 8 heteroatoms. The average Bonchev–Trinajstić information content (AvgIpc) is 2.88. The van der Waals surface area contributed by atoms with Crippen molar-refractivity contribution in [2.45, 2.75) is 19.4 Å². The SMILES string of the molecule is COCCN(C(=O)COc1ccc(Cl)c(C)c1)C1CCS(=O)(=O)C1. The Balaban J connectivity index is 2.00. The summed E-state index contributed by atoms with van der Waals surface area (Å²) in [7, 11) is -1.52. The van der Waals surface area contributed by atoms with Gasteiger partial charge in [-0.3, -0.25) is 4.79 Å². The number of carbonyl (C=O) groups excluding carboxylic acids is 1. The van der Waals surface area contributed by atoms with Crippen LogP contribution in [0.3, 0.4) is 0 Å². The van der Waals surface area contributed by atoms with Gasteiger partial charge in [0.15, 0.2) is 16.4 Å². The Morgan fingerprint density at radius 3 is 2.75 bits per heavy atom. The van der Waals surface area contributed by atoms with Crippen LogP contribution in [0.2, 0.25) is 5.02 Å². The molecule has 1 saturated heterocycles. The molecule has 1 atom stereocenters. The summed E-state index contributed by atoms with van der Waals surface area (Å²) in [5.41, 5.74) is 0.861. The molecule has 1 aromatic carbocycles. The molecular formula is C16H22ClNO5S. The van der Waals surface area contributed by atoms with Gasteiger partial charge in [-0.25, -0.2) is 8.42 Å². The standard InChI is InChI=1S/C16H22ClNO5S/c1-12-9-14(3-4-15(12)17)23-10-16(19)18(6-7-22-2)13-5-8-24(20,21)11-13/h3-4,9,13H,5-8,10-11H2,1-2H3. The van der Waals surface area contributed by atoms with Crippen LogP contribution < -0.4 is 4.74 Å². The number of amides is 1. The number of sulfone groups is 1. The van der Waals surface area contributed by atoms with Crippen LogP contribution in [0.4, 0.5) is 0 Å². The lowest BCUT2D eigenvalue weighted by atomic mass is 10.2. The second kappa shape index (κ2) is 8.18. The van der Waals surface area contributed by atoms with Crippen molar-refractivity contribution < 1.29 is 22.7 Å². The quantitative estimate of drug-likeness (QED) is 0.725. The topological polar surface area (TPSA) is 72.9 Å². The fraction of sp³-hybridized carbons (Fsp3) is 0.562. The molecule has 134 valence electrons. The summed E-state index contributed by atoms with van der Waals surface area (Å²) in [6.45, 7) is 2.40. The van der Waals surface area contributed by atoms with Crippen LogP contribution in [-0.4, -0.2) is 63.6 Å². The Labute approximate surface area is 147 Å². The Morgan fingerprint density at radius 2 is 2.17 bits per heavy atom. The smallest absolute Gasteiger partial charge is 0.260 e. The average molecular weight is 376 g/mol. The minimum atomic E-state index is -3.07. The van der Waals surface area contributed by atoms with E-state index < -0.39 is 9.84 Å². The maximum atomic E-state index is 12.5. The van der Waals surface area contributed by atoms with Crippen LogP contribution in [0, 0.1) is 6.92 Å². The van der Waals surface area contributed by atoms with Gasteiger partial charge in [0.1, 0.15) is 5.75 Å². The molecule has 0 aromatic heterocycles. The molecule has 1 heterocycles. The molecule has 0 radical (unpaired) electrons. The summed E-state index contributed by atoms with van der Waals surface area (Å²) in [5.74, 6) is 0.423. The van der Waals surface area contributed by atoms with Gasteiger partial charge in [0.25, 0.3) is 5.91 Å². The molecule has 1 fully saturated rings. The number of carbonyl (C=O) groups is 1. The molecule has 1 unspecified atom stereocenters. The Morgan fingerprint density at radius 1 is 1.42 bits per heavy atom. The molecular weight excluding hydrogens is 354 g/mol. The van der Waals surface area contributed by atoms with Crippen LogP contribution in [0.25, 0.3) is 0 Å². The number of nitrogens with zero attached hydrogens (tertiary/aromatic N) is 1. The number of aryl methyl sites for hydroxylation is 1. The van der Waals surface area contributed by atoms with Crippen LogP contribution in [-0.2, 0) is 19.4 Å². The molecule has 0 spiro atoms. The van der Waals surface area contributed by atoms with Gasteiger partial charge in [0.2, 0.25) is 0 Å². The van der Waals surface area contributed by atoms with Gasteiger partial charge in [-0.1, -0.05) is 11.6 Å². The van der Waals surface area contributed by atoms with E-state index in [4.69, 9.17) is 21.1 Å². The van der Waals surface area contributed by atoms with E-state index in [9.17, 15) is 13.2 Å². The highest BCUT2D eigenvalue weighted by Crippen LogP contribution is 2.22. The maximum absolute atomic E-state index is 12.5. The van der Waals surface area contributed by atoms with Crippen LogP contribution in [0.15, 0.2) is 18.2 Å². The fourth-order valence-corrected chi connectivity index (χ4v) is 4.50. The van der Waals surface area contributed by atoms with Gasteiger partial charge in [0, 0.05) is 24.7 Å². The van der Waals surface area contributed by atoms with Crippen LogP contribution >= 0.6 is 11.6 Å². The largest absolute Gasteiger partial charge is 0.484 e. The van der Waals surface area contributed by atoms with Crippen molar-refractivity contribution in [1.82, 2.24) is 4.90 Å². The monoisotopic (exact) mass is 375 g/mol. The predicted octanol–water partition coefficient (Wildman–Crippen LogP) is 1.69. The predicted molar refractivity (Wildman–Crippen MR) is 92.3 cm³/mol. The third-order valence-corrected chi connectivity index (χ3v) is 6.17. The molecule has 2 rings (SSSR count). The fourth-order valence-electron chi connectivity index (χ4n) is 2.66. The minimum Gasteiger partial charge on any atom is -0.484 e. The molecule has 1 aliphatic rings. The zero-order chi connectivity index (χ0) is 17.7. The highest BCUT2D eigenvalue weighted by Gasteiger charge is 2.34. The number of hydrogen-bond donors (Lipinski definition) is 0. The summed E-state index contributed by atoms with van der Waals surface area (Å²) in [6, 6.07) is 4.86. The van der Waals surface area contributed by atoms with E-state index >= 15 is 0 Å². The van der Waals surface area contributed by atoms with Crippen molar-refractivity contribution in [1.29, 1.82) is 0 Å². The van der Waals surface area contributed by atoms with Crippen LogP contribution in [0.5, 0.6) is 5.75 Å². The van der Waals surface area contributed by atoms with Crippen LogP contribution in [0.1, 0.15) is 12.0 Å². The van der Waals surface area contributed by atoms with Gasteiger partial charge >= 0.3 is 0 Å². The molecule has 0 bridgehead atoms. The van der Waals surface area contributed by atoms with Gasteiger partial charge < -0.3 is 14.4 Å². The van der Waals surface area contributed by atoms with E-state index in [0.29, 0.717) is 30.3 Å². The second-order valence-electron chi connectivity index (χ2n) is 5.84. The van der Waals surface area contributed by atoms with E-state index in [1.54, 1.807) is 30.2 Å². The van der Waals surface area contributed by atoms with Crippen molar-refractivity contribution >= 4 is 27.3 Å². The number of ether oxygens (including phenoxy) is 2. The van der Waals surface area contributed by atoms with E-state index in [0.717, 1.165) is 5.56 Å². The lowest BCUT2D eigenvalue weighted by Gasteiger charge is -2.28. The lowest BCUT2D eigenvalue weighted by molar-refractivity contribution is -0.136. The molecule has 1 aromatic rings. The molecule has 1 aliphatic heterocycles. The number of halogens is 1. The van der Waals surface area contributed by atoms with Gasteiger partial charge in [-0.2, -0.15) is 0 Å². The molecule has 0 N–H and O–H groups in total. The van der Waals surface area contributed by atoms with Gasteiger partial charge in [-0.05, 0) is 37.1 Å². The lowest BCUT2D eigenvalue weighted by Crippen LogP contribution is -2.45. The first-order chi connectivity index (χ1) is 11.3. The number of rotatable bonds is 7. The van der Waals surface area contributed by atoms with Gasteiger partial charge in [0.05, 0.1) is 18.1 Å². The van der Waals surface area contributed by atoms with Crippen molar-refractivity contribution in [3.8, 4) is 5.75 Å². The first-order valence-corrected chi connectivity index (χ1v) is 9.90. The highest BCUT2D eigenvalue weighted by molar-refractivity contribution is 7.91. The number of benzene rings is 1.